The molecular formula is C17H25N3O2. The maximum Gasteiger partial charge on any atom is 0.119 e. The molecule has 0 aliphatic rings. The molecule has 1 N–H and O–H groups in total. The molecule has 120 valence electrons. The second kappa shape index (κ2) is 7.94. The summed E-state index contributed by atoms with van der Waals surface area (Å²) in [5.74, 6) is 1.23. The summed E-state index contributed by atoms with van der Waals surface area (Å²) < 4.78 is 7.63. The average Bonchev–Trinajstić information content (AvgIpc) is 2.94. The van der Waals surface area contributed by atoms with Gasteiger partial charge in [-0.25, -0.2) is 4.68 Å². The Balaban J connectivity index is 2.03. The number of hydrogen-bond acceptors (Lipinski definition) is 4. The average molecular weight is 303 g/mol. The van der Waals surface area contributed by atoms with Gasteiger partial charge in [-0.05, 0) is 31.9 Å². The lowest BCUT2D eigenvalue weighted by Gasteiger charge is -2.16. The number of ether oxygens (including phenoxy) is 1. The summed E-state index contributed by atoms with van der Waals surface area (Å²) in [7, 11) is 0. The molecule has 0 fully saturated rings. The summed E-state index contributed by atoms with van der Waals surface area (Å²) in [5.41, 5.74) is 2.94. The first-order chi connectivity index (χ1) is 10.7. The fourth-order valence-corrected chi connectivity index (χ4v) is 2.64. The molecule has 0 aliphatic heterocycles. The second-order valence-corrected chi connectivity index (χ2v) is 5.48. The molecule has 22 heavy (non-hydrogen) atoms. The summed E-state index contributed by atoms with van der Waals surface area (Å²) in [6, 6.07) is 8.00. The van der Waals surface area contributed by atoms with Crippen LogP contribution in [0.15, 0.2) is 24.3 Å². The van der Waals surface area contributed by atoms with Gasteiger partial charge in [0.05, 0.1) is 18.8 Å². The normalized spacial score (nSPS) is 11.1. The minimum absolute atomic E-state index is 0.0648. The van der Waals surface area contributed by atoms with Gasteiger partial charge in [-0.1, -0.05) is 36.8 Å². The number of rotatable bonds is 8. The smallest absolute Gasteiger partial charge is 0.119 e. The lowest BCUT2D eigenvalue weighted by molar-refractivity contribution is 0.272. The number of aromatic nitrogens is 3. The molecule has 0 saturated heterocycles. The Morgan fingerprint density at radius 3 is 2.45 bits per heavy atom. The first kappa shape index (κ1) is 16.5. The van der Waals surface area contributed by atoms with E-state index in [9.17, 15) is 5.11 Å². The summed E-state index contributed by atoms with van der Waals surface area (Å²) >= 11 is 0. The Kier molecular flexibility index (Phi) is 5.95. The van der Waals surface area contributed by atoms with Crippen LogP contribution in [0.5, 0.6) is 5.75 Å². The summed E-state index contributed by atoms with van der Waals surface area (Å²) in [6.07, 6.45) is 2.02. The summed E-state index contributed by atoms with van der Waals surface area (Å²) in [5, 5.41) is 17.7. The van der Waals surface area contributed by atoms with E-state index in [1.807, 2.05) is 28.9 Å². The first-order valence-electron chi connectivity index (χ1n) is 7.92. The van der Waals surface area contributed by atoms with Crippen molar-refractivity contribution in [2.45, 2.75) is 52.7 Å². The van der Waals surface area contributed by atoms with E-state index in [-0.39, 0.29) is 6.61 Å². The van der Waals surface area contributed by atoms with Crippen molar-refractivity contribution >= 4 is 0 Å². The highest BCUT2D eigenvalue weighted by molar-refractivity contribution is 5.26. The van der Waals surface area contributed by atoms with Crippen LogP contribution in [-0.4, -0.2) is 26.7 Å². The topological polar surface area (TPSA) is 60.2 Å². The Morgan fingerprint density at radius 1 is 1.18 bits per heavy atom. The lowest BCUT2D eigenvalue weighted by atomic mass is 9.97. The van der Waals surface area contributed by atoms with Crippen molar-refractivity contribution in [1.82, 2.24) is 15.0 Å². The molecule has 0 unspecified atom stereocenters. The Morgan fingerprint density at radius 2 is 1.86 bits per heavy atom. The molecule has 0 spiro atoms. The van der Waals surface area contributed by atoms with Crippen LogP contribution in [0.1, 0.15) is 49.6 Å². The Bertz CT molecular complexity index is 574. The first-order valence-corrected chi connectivity index (χ1v) is 7.92. The third-order valence-electron chi connectivity index (χ3n) is 3.96. The van der Waals surface area contributed by atoms with E-state index < -0.39 is 0 Å². The van der Waals surface area contributed by atoms with Crippen LogP contribution in [0.2, 0.25) is 0 Å². The van der Waals surface area contributed by atoms with Crippen molar-refractivity contribution in [1.29, 1.82) is 0 Å². The number of nitrogens with zero attached hydrogens (tertiary/aromatic N) is 3. The van der Waals surface area contributed by atoms with Gasteiger partial charge in [-0.3, -0.25) is 0 Å². The molecule has 0 amide bonds. The molecule has 0 saturated carbocycles. The van der Waals surface area contributed by atoms with Crippen LogP contribution in [0, 0.1) is 6.92 Å². The second-order valence-electron chi connectivity index (χ2n) is 5.48. The zero-order valence-electron chi connectivity index (χ0n) is 13.6. The molecule has 1 aromatic carbocycles. The minimum atomic E-state index is -0.0648. The third kappa shape index (κ3) is 3.85. The molecule has 1 heterocycles. The van der Waals surface area contributed by atoms with E-state index in [0.29, 0.717) is 24.8 Å². The summed E-state index contributed by atoms with van der Waals surface area (Å²) in [4.78, 5) is 0. The van der Waals surface area contributed by atoms with Gasteiger partial charge in [0.15, 0.2) is 0 Å². The molecule has 5 heteroatoms. The van der Waals surface area contributed by atoms with E-state index >= 15 is 0 Å². The highest BCUT2D eigenvalue weighted by atomic mass is 16.5. The van der Waals surface area contributed by atoms with E-state index in [2.05, 4.69) is 31.1 Å². The van der Waals surface area contributed by atoms with Crippen molar-refractivity contribution < 1.29 is 9.84 Å². The van der Waals surface area contributed by atoms with Gasteiger partial charge in [0.1, 0.15) is 18.1 Å². The standard InChI is InChI=1S/C17H25N3O2/c1-4-14(5-2)17-16(12-21)18-19-20(17)10-11-22-15-8-6-13(3)7-9-15/h6-9,14,21H,4-5,10-12H2,1-3H3. The number of aliphatic hydroxyl groups excluding tert-OH is 1. The molecule has 2 rings (SSSR count). The maximum atomic E-state index is 9.45. The predicted octanol–water partition coefficient (Wildman–Crippen LogP) is 3.06. The maximum absolute atomic E-state index is 9.45. The van der Waals surface area contributed by atoms with Gasteiger partial charge >= 0.3 is 0 Å². The molecule has 0 bridgehead atoms. The van der Waals surface area contributed by atoms with E-state index in [4.69, 9.17) is 4.74 Å². The monoisotopic (exact) mass is 303 g/mol. The van der Waals surface area contributed by atoms with E-state index in [1.165, 1.54) is 5.56 Å². The molecule has 5 nitrogen and oxygen atoms in total. The summed E-state index contributed by atoms with van der Waals surface area (Å²) in [6.45, 7) is 7.45. The van der Waals surface area contributed by atoms with Crippen molar-refractivity contribution in [2.75, 3.05) is 6.61 Å². The Hall–Kier alpha value is -1.88. The van der Waals surface area contributed by atoms with Crippen molar-refractivity contribution in [3.8, 4) is 5.75 Å². The van der Waals surface area contributed by atoms with Gasteiger partial charge in [0.2, 0.25) is 0 Å². The fourth-order valence-electron chi connectivity index (χ4n) is 2.64. The van der Waals surface area contributed by atoms with Crippen molar-refractivity contribution in [2.24, 2.45) is 0 Å². The molecule has 0 atom stereocenters. The van der Waals surface area contributed by atoms with Crippen molar-refractivity contribution in [3.63, 3.8) is 0 Å². The number of hydrogen-bond donors (Lipinski definition) is 1. The highest BCUT2D eigenvalue weighted by Crippen LogP contribution is 2.25. The fraction of sp³-hybridized carbons (Fsp3) is 0.529. The van der Waals surface area contributed by atoms with Gasteiger partial charge < -0.3 is 9.84 Å². The van der Waals surface area contributed by atoms with Crippen molar-refractivity contribution in [3.05, 3.63) is 41.2 Å². The van der Waals surface area contributed by atoms with Gasteiger partial charge in [-0.15, -0.1) is 5.10 Å². The van der Waals surface area contributed by atoms with Crippen LogP contribution in [-0.2, 0) is 13.2 Å². The van der Waals surface area contributed by atoms with Gasteiger partial charge in [-0.2, -0.15) is 0 Å². The predicted molar refractivity (Wildman–Crippen MR) is 85.9 cm³/mol. The van der Waals surface area contributed by atoms with Crippen LogP contribution in [0.4, 0.5) is 0 Å². The Labute approximate surface area is 131 Å². The van der Waals surface area contributed by atoms with E-state index in [1.54, 1.807) is 0 Å². The zero-order chi connectivity index (χ0) is 15.9. The zero-order valence-corrected chi connectivity index (χ0v) is 13.6. The molecule has 1 aromatic heterocycles. The van der Waals surface area contributed by atoms with Crippen LogP contribution in [0.3, 0.4) is 0 Å². The SMILES string of the molecule is CCC(CC)c1c(CO)nnn1CCOc1ccc(C)cc1. The largest absolute Gasteiger partial charge is 0.492 e. The lowest BCUT2D eigenvalue weighted by Crippen LogP contribution is -2.15. The number of aryl methyl sites for hydroxylation is 1. The van der Waals surface area contributed by atoms with E-state index in [0.717, 1.165) is 24.3 Å². The van der Waals surface area contributed by atoms with Crippen LogP contribution in [0.25, 0.3) is 0 Å². The molecular weight excluding hydrogens is 278 g/mol. The van der Waals surface area contributed by atoms with Gasteiger partial charge in [0, 0.05) is 5.92 Å². The molecule has 0 radical (unpaired) electrons. The molecule has 2 aromatic rings. The third-order valence-corrected chi connectivity index (χ3v) is 3.96. The number of aliphatic hydroxyl groups is 1. The van der Waals surface area contributed by atoms with Crippen LogP contribution < -0.4 is 4.74 Å². The number of benzene rings is 1. The highest BCUT2D eigenvalue weighted by Gasteiger charge is 2.19. The van der Waals surface area contributed by atoms with Crippen LogP contribution >= 0.6 is 0 Å². The quantitative estimate of drug-likeness (QED) is 0.814. The minimum Gasteiger partial charge on any atom is -0.492 e. The molecule has 0 aliphatic carbocycles. The van der Waals surface area contributed by atoms with Gasteiger partial charge in [0.25, 0.3) is 0 Å².